The molecule has 0 radical (unpaired) electrons. The zero-order valence-corrected chi connectivity index (χ0v) is 14.0. The number of rotatable bonds is 4. The summed E-state index contributed by atoms with van der Waals surface area (Å²) in [4.78, 5) is 14.3. The van der Waals surface area contributed by atoms with Crippen molar-refractivity contribution in [1.29, 1.82) is 0 Å². The number of likely N-dealkylation sites (tertiary alicyclic amines) is 1. The molecule has 2 amide bonds. The smallest absolute Gasteiger partial charge is 0.315 e. The molecule has 3 rings (SSSR count). The topological polar surface area (TPSA) is 64.6 Å². The van der Waals surface area contributed by atoms with Gasteiger partial charge in [-0.15, -0.1) is 0 Å². The lowest BCUT2D eigenvalue weighted by Crippen LogP contribution is -2.47. The fraction of sp³-hybridized carbons (Fsp3) is 0.421. The number of amides is 2. The van der Waals surface area contributed by atoms with Crippen molar-refractivity contribution in [2.45, 2.75) is 25.0 Å². The van der Waals surface area contributed by atoms with Crippen molar-refractivity contribution in [2.24, 2.45) is 0 Å². The van der Waals surface area contributed by atoms with Crippen molar-refractivity contribution in [3.8, 4) is 0 Å². The van der Waals surface area contributed by atoms with Crippen LogP contribution in [0.5, 0.6) is 0 Å². The van der Waals surface area contributed by atoms with Crippen molar-refractivity contribution >= 4 is 16.8 Å². The van der Waals surface area contributed by atoms with Gasteiger partial charge in [0.2, 0.25) is 0 Å². The van der Waals surface area contributed by atoms with Crippen LogP contribution in [0, 0.1) is 0 Å². The summed E-state index contributed by atoms with van der Waals surface area (Å²) in [5.74, 6) is 0. The Kier molecular flexibility index (Phi) is 5.33. The van der Waals surface area contributed by atoms with Gasteiger partial charge in [0.15, 0.2) is 0 Å². The molecule has 128 valence electrons. The van der Waals surface area contributed by atoms with E-state index in [0.29, 0.717) is 0 Å². The lowest BCUT2D eigenvalue weighted by molar-refractivity contribution is 0.170. The number of piperidine rings is 1. The molecular formula is C19H25N3O2. The van der Waals surface area contributed by atoms with Crippen LogP contribution in [0.2, 0.25) is 0 Å². The van der Waals surface area contributed by atoms with Crippen LogP contribution in [-0.2, 0) is 0 Å². The zero-order valence-electron chi connectivity index (χ0n) is 14.0. The number of carbonyl (C=O) groups is 1. The van der Waals surface area contributed by atoms with E-state index in [-0.39, 0.29) is 18.6 Å². The largest absolute Gasteiger partial charge is 0.387 e. The van der Waals surface area contributed by atoms with Gasteiger partial charge in [-0.3, -0.25) is 0 Å². The first kappa shape index (κ1) is 16.7. The van der Waals surface area contributed by atoms with Crippen LogP contribution in [0.1, 0.15) is 24.5 Å². The molecule has 0 spiro atoms. The first-order chi connectivity index (χ1) is 11.6. The maximum Gasteiger partial charge on any atom is 0.315 e. The minimum Gasteiger partial charge on any atom is -0.387 e. The second-order valence-electron chi connectivity index (χ2n) is 6.55. The van der Waals surface area contributed by atoms with E-state index in [1.807, 2.05) is 42.5 Å². The number of fused-ring (bicyclic) bond motifs is 1. The number of urea groups is 1. The second kappa shape index (κ2) is 7.64. The third kappa shape index (κ3) is 4.24. The molecule has 0 aromatic heterocycles. The Hall–Kier alpha value is -2.11. The number of nitrogens with zero attached hydrogens (tertiary/aromatic N) is 1. The van der Waals surface area contributed by atoms with E-state index in [1.54, 1.807) is 0 Å². The zero-order chi connectivity index (χ0) is 16.9. The van der Waals surface area contributed by atoms with Gasteiger partial charge in [0.1, 0.15) is 0 Å². The van der Waals surface area contributed by atoms with Crippen molar-refractivity contribution in [3.05, 3.63) is 48.0 Å². The first-order valence-corrected chi connectivity index (χ1v) is 8.51. The molecule has 1 atom stereocenters. The van der Waals surface area contributed by atoms with Crippen LogP contribution in [0.4, 0.5) is 4.79 Å². The molecule has 0 saturated carbocycles. The van der Waals surface area contributed by atoms with Crippen LogP contribution in [0.15, 0.2) is 42.5 Å². The maximum absolute atomic E-state index is 12.0. The number of benzene rings is 2. The van der Waals surface area contributed by atoms with Gasteiger partial charge >= 0.3 is 6.03 Å². The van der Waals surface area contributed by atoms with Crippen LogP contribution < -0.4 is 10.6 Å². The predicted molar refractivity (Wildman–Crippen MR) is 96.0 cm³/mol. The molecule has 5 nitrogen and oxygen atoms in total. The summed E-state index contributed by atoms with van der Waals surface area (Å²) in [6.45, 7) is 2.21. The quantitative estimate of drug-likeness (QED) is 0.807. The number of nitrogens with one attached hydrogen (secondary N) is 2. The Morgan fingerprint density at radius 1 is 1.21 bits per heavy atom. The highest BCUT2D eigenvalue weighted by atomic mass is 16.3. The van der Waals surface area contributed by atoms with Crippen molar-refractivity contribution < 1.29 is 9.90 Å². The van der Waals surface area contributed by atoms with Gasteiger partial charge in [-0.25, -0.2) is 4.79 Å². The van der Waals surface area contributed by atoms with Gasteiger partial charge < -0.3 is 20.6 Å². The molecule has 0 aliphatic carbocycles. The number of aliphatic hydroxyl groups is 1. The minimum absolute atomic E-state index is 0.204. The lowest BCUT2D eigenvalue weighted by Gasteiger charge is -2.29. The summed E-state index contributed by atoms with van der Waals surface area (Å²) in [6, 6.07) is 13.9. The first-order valence-electron chi connectivity index (χ1n) is 8.51. The van der Waals surface area contributed by atoms with Crippen molar-refractivity contribution in [1.82, 2.24) is 15.5 Å². The summed E-state index contributed by atoms with van der Waals surface area (Å²) in [6.07, 6.45) is 1.23. The number of hydrogen-bond acceptors (Lipinski definition) is 3. The van der Waals surface area contributed by atoms with Gasteiger partial charge in [-0.05, 0) is 55.4 Å². The van der Waals surface area contributed by atoms with E-state index in [4.69, 9.17) is 0 Å². The molecule has 1 unspecified atom stereocenters. The van der Waals surface area contributed by atoms with E-state index in [1.165, 1.54) is 0 Å². The van der Waals surface area contributed by atoms with E-state index < -0.39 is 6.10 Å². The molecule has 5 heteroatoms. The Morgan fingerprint density at radius 3 is 2.67 bits per heavy atom. The SMILES string of the molecule is CN1CCC(NC(=O)NCC(O)c2ccc3ccccc3c2)CC1. The highest BCUT2D eigenvalue weighted by Gasteiger charge is 2.18. The summed E-state index contributed by atoms with van der Waals surface area (Å²) < 4.78 is 0. The number of aliphatic hydroxyl groups excluding tert-OH is 1. The molecule has 1 aliphatic heterocycles. The van der Waals surface area contributed by atoms with Gasteiger partial charge in [-0.2, -0.15) is 0 Å². The molecule has 1 aliphatic rings. The van der Waals surface area contributed by atoms with Gasteiger partial charge in [0.25, 0.3) is 0 Å². The van der Waals surface area contributed by atoms with Crippen molar-refractivity contribution in [2.75, 3.05) is 26.7 Å². The third-order valence-corrected chi connectivity index (χ3v) is 4.67. The molecule has 3 N–H and O–H groups in total. The summed E-state index contributed by atoms with van der Waals surface area (Å²) >= 11 is 0. The lowest BCUT2D eigenvalue weighted by atomic mass is 10.0. The van der Waals surface area contributed by atoms with Gasteiger partial charge in [0.05, 0.1) is 6.10 Å². The normalized spacial score (nSPS) is 17.6. The van der Waals surface area contributed by atoms with Crippen molar-refractivity contribution in [3.63, 3.8) is 0 Å². The maximum atomic E-state index is 12.0. The van der Waals surface area contributed by atoms with E-state index in [2.05, 4.69) is 22.6 Å². The number of hydrogen-bond donors (Lipinski definition) is 3. The Bertz CT molecular complexity index is 696. The molecule has 1 saturated heterocycles. The summed E-state index contributed by atoms with van der Waals surface area (Å²) in [5, 5.41) is 18.3. The fourth-order valence-corrected chi connectivity index (χ4v) is 3.11. The molecule has 2 aromatic carbocycles. The molecule has 0 bridgehead atoms. The standard InChI is InChI=1S/C19H25N3O2/c1-22-10-8-17(9-11-22)21-19(24)20-13-18(23)16-7-6-14-4-2-3-5-15(14)12-16/h2-7,12,17-18,23H,8-11,13H2,1H3,(H2,20,21,24). The van der Waals surface area contributed by atoms with Gasteiger partial charge in [-0.1, -0.05) is 36.4 Å². The summed E-state index contributed by atoms with van der Waals surface area (Å²) in [5.41, 5.74) is 0.813. The minimum atomic E-state index is -0.710. The van der Waals surface area contributed by atoms with Crippen LogP contribution in [0.25, 0.3) is 10.8 Å². The van der Waals surface area contributed by atoms with Crippen LogP contribution >= 0.6 is 0 Å². The average Bonchev–Trinajstić information content (AvgIpc) is 2.61. The number of carbonyl (C=O) groups excluding carboxylic acids is 1. The summed E-state index contributed by atoms with van der Waals surface area (Å²) in [7, 11) is 2.09. The predicted octanol–water partition coefficient (Wildman–Crippen LogP) is 2.27. The molecule has 1 heterocycles. The Morgan fingerprint density at radius 2 is 1.92 bits per heavy atom. The second-order valence-corrected chi connectivity index (χ2v) is 6.55. The molecule has 2 aromatic rings. The van der Waals surface area contributed by atoms with Crippen LogP contribution in [0.3, 0.4) is 0 Å². The van der Waals surface area contributed by atoms with Crippen LogP contribution in [-0.4, -0.2) is 48.8 Å². The third-order valence-electron chi connectivity index (χ3n) is 4.67. The fourth-order valence-electron chi connectivity index (χ4n) is 3.11. The monoisotopic (exact) mass is 327 g/mol. The highest BCUT2D eigenvalue weighted by molar-refractivity contribution is 5.83. The Balaban J connectivity index is 1.50. The van der Waals surface area contributed by atoms with E-state index in [0.717, 1.165) is 42.3 Å². The molecular weight excluding hydrogens is 302 g/mol. The molecule has 24 heavy (non-hydrogen) atoms. The average molecular weight is 327 g/mol. The molecule has 1 fully saturated rings. The van der Waals surface area contributed by atoms with E-state index in [9.17, 15) is 9.90 Å². The Labute approximate surface area is 142 Å². The van der Waals surface area contributed by atoms with E-state index >= 15 is 0 Å². The highest BCUT2D eigenvalue weighted by Crippen LogP contribution is 2.20. The van der Waals surface area contributed by atoms with Gasteiger partial charge in [0, 0.05) is 12.6 Å².